The van der Waals surface area contributed by atoms with Crippen molar-refractivity contribution in [1.82, 2.24) is 5.32 Å². The quantitative estimate of drug-likeness (QED) is 0.784. The second kappa shape index (κ2) is 6.61. The Bertz CT molecular complexity index is 769. The first-order valence-corrected chi connectivity index (χ1v) is 10.0. The second-order valence-electron chi connectivity index (χ2n) is 7.08. The van der Waals surface area contributed by atoms with Crippen molar-refractivity contribution in [3.8, 4) is 0 Å². The Balaban J connectivity index is 2.40. The first-order valence-electron chi connectivity index (χ1n) is 7.91. The minimum absolute atomic E-state index is 0.132. The molecule has 6 nitrogen and oxygen atoms in total. The van der Waals surface area contributed by atoms with Crippen LogP contribution in [0.15, 0.2) is 24.3 Å². The average Bonchev–Trinajstić information content (AvgIpc) is 3.15. The maximum absolute atomic E-state index is 12.5. The van der Waals surface area contributed by atoms with Crippen LogP contribution in [0.2, 0.25) is 5.02 Å². The van der Waals surface area contributed by atoms with Gasteiger partial charge in [0, 0.05) is 16.7 Å². The van der Waals surface area contributed by atoms with E-state index in [1.54, 1.807) is 45.0 Å². The summed E-state index contributed by atoms with van der Waals surface area (Å²) >= 11 is 5.87. The van der Waals surface area contributed by atoms with Gasteiger partial charge in [-0.3, -0.25) is 0 Å². The lowest BCUT2D eigenvalue weighted by Crippen LogP contribution is -2.45. The van der Waals surface area contributed by atoms with Crippen molar-refractivity contribution in [2.24, 2.45) is 0 Å². The van der Waals surface area contributed by atoms with Crippen LogP contribution in [0.4, 0.5) is 4.79 Å². The molecule has 0 radical (unpaired) electrons. The van der Waals surface area contributed by atoms with Crippen LogP contribution in [0.1, 0.15) is 39.2 Å². The first-order chi connectivity index (χ1) is 11.5. The second-order valence-corrected chi connectivity index (χ2v) is 9.93. The van der Waals surface area contributed by atoms with Gasteiger partial charge in [-0.25, -0.2) is 13.2 Å². The van der Waals surface area contributed by atoms with E-state index in [4.69, 9.17) is 16.3 Å². The van der Waals surface area contributed by atoms with Crippen LogP contribution in [-0.2, 0) is 19.4 Å². The number of halogens is 1. The van der Waals surface area contributed by atoms with E-state index >= 15 is 0 Å². The Morgan fingerprint density at radius 3 is 2.32 bits per heavy atom. The van der Waals surface area contributed by atoms with E-state index in [1.807, 2.05) is 0 Å². The molecule has 2 rings (SSSR count). The molecule has 138 valence electrons. The number of hydrogen-bond acceptors (Lipinski definition) is 5. The lowest BCUT2D eigenvalue weighted by Gasteiger charge is -2.22. The Morgan fingerprint density at radius 1 is 1.32 bits per heavy atom. The molecular weight excluding hydrogens is 366 g/mol. The fraction of sp³-hybridized carbons (Fsp3) is 0.529. The average molecular weight is 388 g/mol. The van der Waals surface area contributed by atoms with E-state index in [9.17, 15) is 18.0 Å². The zero-order chi connectivity index (χ0) is 19.0. The monoisotopic (exact) mass is 387 g/mol. The number of sulfone groups is 1. The molecule has 0 spiro atoms. The molecule has 25 heavy (non-hydrogen) atoms. The van der Waals surface area contributed by atoms with Crippen molar-refractivity contribution in [2.75, 3.05) is 5.75 Å². The van der Waals surface area contributed by atoms with Gasteiger partial charge >= 0.3 is 6.09 Å². The number of amides is 1. The van der Waals surface area contributed by atoms with Crippen molar-refractivity contribution in [3.63, 3.8) is 0 Å². The molecule has 1 aliphatic rings. The summed E-state index contributed by atoms with van der Waals surface area (Å²) in [6, 6.07) is 6.56. The molecule has 0 unspecified atom stereocenters. The number of carbonyl (C=O) groups excluding carboxylic acids is 2. The summed E-state index contributed by atoms with van der Waals surface area (Å²) in [5.74, 6) is -0.812. The normalized spacial score (nSPS) is 26.0. The molecule has 0 bridgehead atoms. The zero-order valence-corrected chi connectivity index (χ0v) is 16.1. The lowest BCUT2D eigenvalue weighted by molar-refractivity contribution is -0.110. The highest BCUT2D eigenvalue weighted by Gasteiger charge is 2.72. The standard InChI is InChI=1S/C17H22ClNO5S/c1-5-25(22,23)14-13(11-6-8-12(18)9-7-11)17(14,10-20)19-15(21)24-16(2,3)4/h6-10,13-14H,5H2,1-4H3,(H,19,21)/t13-,14+,17-/m0/s1. The Morgan fingerprint density at radius 2 is 1.88 bits per heavy atom. The number of alkyl carbamates (subject to hydrolysis) is 1. The maximum atomic E-state index is 12.5. The Labute approximate surface area is 152 Å². The van der Waals surface area contributed by atoms with E-state index in [1.165, 1.54) is 6.92 Å². The van der Waals surface area contributed by atoms with E-state index in [0.717, 1.165) is 0 Å². The van der Waals surface area contributed by atoms with E-state index in [-0.39, 0.29) is 5.75 Å². The Kier molecular flexibility index (Phi) is 5.21. The van der Waals surface area contributed by atoms with Gasteiger partial charge in [-0.05, 0) is 38.5 Å². The molecule has 0 aliphatic heterocycles. The maximum Gasteiger partial charge on any atom is 0.408 e. The van der Waals surface area contributed by atoms with Crippen molar-refractivity contribution in [2.45, 2.75) is 50.0 Å². The number of carbonyl (C=O) groups is 2. The predicted molar refractivity (Wildman–Crippen MR) is 95.6 cm³/mol. The minimum atomic E-state index is -3.58. The van der Waals surface area contributed by atoms with Gasteiger partial charge in [0.05, 0.1) is 0 Å². The van der Waals surface area contributed by atoms with Gasteiger partial charge in [-0.1, -0.05) is 30.7 Å². The highest BCUT2D eigenvalue weighted by atomic mass is 35.5. The molecule has 3 atom stereocenters. The van der Waals surface area contributed by atoms with E-state index in [2.05, 4.69) is 5.32 Å². The minimum Gasteiger partial charge on any atom is -0.444 e. The summed E-state index contributed by atoms with van der Waals surface area (Å²) in [6.07, 6.45) is -0.332. The van der Waals surface area contributed by atoms with Gasteiger partial charge in [0.25, 0.3) is 0 Å². The summed E-state index contributed by atoms with van der Waals surface area (Å²) in [5.41, 5.74) is -1.68. The van der Waals surface area contributed by atoms with Gasteiger partial charge in [0.1, 0.15) is 22.7 Å². The van der Waals surface area contributed by atoms with Crippen molar-refractivity contribution in [3.05, 3.63) is 34.9 Å². The number of benzene rings is 1. The smallest absolute Gasteiger partial charge is 0.408 e. The van der Waals surface area contributed by atoms with Crippen LogP contribution in [0.25, 0.3) is 0 Å². The molecular formula is C17H22ClNO5S. The summed E-state index contributed by atoms with van der Waals surface area (Å²) in [4.78, 5) is 24.0. The molecule has 0 saturated heterocycles. The molecule has 1 aromatic carbocycles. The van der Waals surface area contributed by atoms with E-state index in [0.29, 0.717) is 16.9 Å². The van der Waals surface area contributed by atoms with Gasteiger partial charge in [0.2, 0.25) is 0 Å². The third kappa shape index (κ3) is 3.98. The fourth-order valence-electron chi connectivity index (χ4n) is 2.98. The van der Waals surface area contributed by atoms with Crippen LogP contribution >= 0.6 is 11.6 Å². The SMILES string of the molecule is CCS(=O)(=O)[C@@H]1[C@H](c2ccc(Cl)cc2)[C@]1(C=O)NC(=O)OC(C)(C)C. The van der Waals surface area contributed by atoms with Crippen molar-refractivity contribution in [1.29, 1.82) is 0 Å². The highest BCUT2D eigenvalue weighted by Crippen LogP contribution is 2.55. The largest absolute Gasteiger partial charge is 0.444 e. The van der Waals surface area contributed by atoms with Crippen LogP contribution < -0.4 is 5.32 Å². The van der Waals surface area contributed by atoms with Crippen molar-refractivity contribution < 1.29 is 22.7 Å². The van der Waals surface area contributed by atoms with E-state index < -0.39 is 38.2 Å². The van der Waals surface area contributed by atoms with Gasteiger partial charge < -0.3 is 14.8 Å². The van der Waals surface area contributed by atoms with Gasteiger partial charge in [-0.15, -0.1) is 0 Å². The third-order valence-corrected chi connectivity index (χ3v) is 6.60. The van der Waals surface area contributed by atoms with Gasteiger partial charge in [-0.2, -0.15) is 0 Å². The summed E-state index contributed by atoms with van der Waals surface area (Å²) < 4.78 is 30.1. The van der Waals surface area contributed by atoms with Crippen LogP contribution in [0.3, 0.4) is 0 Å². The van der Waals surface area contributed by atoms with Crippen LogP contribution in [0, 0.1) is 0 Å². The van der Waals surface area contributed by atoms with Crippen LogP contribution in [0.5, 0.6) is 0 Å². The zero-order valence-electron chi connectivity index (χ0n) is 14.6. The molecule has 1 saturated carbocycles. The molecule has 1 N–H and O–H groups in total. The number of nitrogens with one attached hydrogen (secondary N) is 1. The lowest BCUT2D eigenvalue weighted by atomic mass is 10.1. The first kappa shape index (κ1) is 19.7. The summed E-state index contributed by atoms with van der Waals surface area (Å²) in [6.45, 7) is 6.56. The predicted octanol–water partition coefficient (Wildman–Crippen LogP) is 2.70. The Hall–Kier alpha value is -1.60. The molecule has 0 aromatic heterocycles. The number of rotatable bonds is 5. The molecule has 0 heterocycles. The summed E-state index contributed by atoms with van der Waals surface area (Å²) in [5, 5.41) is 1.95. The summed E-state index contributed by atoms with van der Waals surface area (Å²) in [7, 11) is -3.58. The molecule has 8 heteroatoms. The number of hydrogen-bond donors (Lipinski definition) is 1. The molecule has 1 amide bonds. The molecule has 1 fully saturated rings. The molecule has 1 aromatic rings. The number of aldehydes is 1. The number of ether oxygens (including phenoxy) is 1. The van der Waals surface area contributed by atoms with Gasteiger partial charge in [0.15, 0.2) is 9.84 Å². The fourth-order valence-corrected chi connectivity index (χ4v) is 5.04. The highest BCUT2D eigenvalue weighted by molar-refractivity contribution is 7.92. The molecule has 1 aliphatic carbocycles. The topological polar surface area (TPSA) is 89.5 Å². The van der Waals surface area contributed by atoms with Crippen LogP contribution in [-0.4, -0.2) is 42.9 Å². The van der Waals surface area contributed by atoms with Crippen molar-refractivity contribution >= 4 is 33.8 Å². The third-order valence-electron chi connectivity index (χ3n) is 4.11.